The van der Waals surface area contributed by atoms with Gasteiger partial charge in [0.2, 0.25) is 0 Å². The Bertz CT molecular complexity index is 839. The number of ether oxygens (including phenoxy) is 1. The lowest BCUT2D eigenvalue weighted by atomic mass is 9.97. The molecule has 1 aliphatic heterocycles. The highest BCUT2D eigenvalue weighted by atomic mass is 16.5. The molecule has 0 radical (unpaired) electrons. The molecule has 4 rings (SSSR count). The number of benzene rings is 2. The fourth-order valence-corrected chi connectivity index (χ4v) is 3.66. The van der Waals surface area contributed by atoms with Crippen molar-refractivity contribution in [1.29, 1.82) is 0 Å². The van der Waals surface area contributed by atoms with Crippen LogP contribution >= 0.6 is 0 Å². The van der Waals surface area contributed by atoms with Gasteiger partial charge in [-0.2, -0.15) is 0 Å². The summed E-state index contributed by atoms with van der Waals surface area (Å²) in [6.07, 6.45) is 2.32. The molecule has 0 N–H and O–H groups in total. The minimum absolute atomic E-state index is 0.568. The lowest BCUT2D eigenvalue weighted by Crippen LogP contribution is -2.35. The summed E-state index contributed by atoms with van der Waals surface area (Å²) in [5, 5.41) is 8.42. The van der Waals surface area contributed by atoms with Crippen LogP contribution in [0.3, 0.4) is 0 Å². The summed E-state index contributed by atoms with van der Waals surface area (Å²) in [7, 11) is 0. The van der Waals surface area contributed by atoms with Crippen LogP contribution in [0.2, 0.25) is 0 Å². The molecule has 0 unspecified atom stereocenters. The van der Waals surface area contributed by atoms with Gasteiger partial charge in [-0.05, 0) is 56.5 Å². The minimum Gasteiger partial charge on any atom is -0.463 e. The quantitative estimate of drug-likeness (QED) is 0.668. The maximum atomic E-state index is 6.08. The van der Waals surface area contributed by atoms with Crippen LogP contribution in [0.5, 0.6) is 6.01 Å². The lowest BCUT2D eigenvalue weighted by molar-refractivity contribution is 0.131. The van der Waals surface area contributed by atoms with Gasteiger partial charge in [0, 0.05) is 6.54 Å². The highest BCUT2D eigenvalue weighted by molar-refractivity contribution is 5.35. The van der Waals surface area contributed by atoms with Crippen molar-refractivity contribution in [3.63, 3.8) is 0 Å². The van der Waals surface area contributed by atoms with E-state index in [1.165, 1.54) is 5.56 Å². The molecule has 5 nitrogen and oxygen atoms in total. The maximum Gasteiger partial charge on any atom is 0.321 e. The van der Waals surface area contributed by atoms with Crippen molar-refractivity contribution in [3.05, 3.63) is 72.1 Å². The predicted molar refractivity (Wildman–Crippen MR) is 106 cm³/mol. The standard InChI is InChI=1S/C22H26N4O/c1-18-23-24-22(26(18)21-10-6-3-7-11-21)27-17-20-12-14-25(15-13-20)16-19-8-4-2-5-9-19/h2-11,20H,12-17H2,1H3. The molecule has 3 aromatic rings. The molecule has 0 aliphatic carbocycles. The number of aryl methyl sites for hydroxylation is 1. The molecular weight excluding hydrogens is 336 g/mol. The Labute approximate surface area is 160 Å². The number of para-hydroxylation sites is 1. The number of aromatic nitrogens is 3. The second kappa shape index (κ2) is 8.35. The third kappa shape index (κ3) is 4.37. The average molecular weight is 362 g/mol. The monoisotopic (exact) mass is 362 g/mol. The molecule has 2 aromatic carbocycles. The summed E-state index contributed by atoms with van der Waals surface area (Å²) in [6.45, 7) is 5.93. The van der Waals surface area contributed by atoms with Crippen molar-refractivity contribution in [1.82, 2.24) is 19.7 Å². The molecule has 5 heteroatoms. The van der Waals surface area contributed by atoms with Crippen LogP contribution in [-0.4, -0.2) is 39.4 Å². The zero-order valence-corrected chi connectivity index (χ0v) is 15.8. The SMILES string of the molecule is Cc1nnc(OCC2CCN(Cc3ccccc3)CC2)n1-c1ccccc1. The molecule has 0 atom stereocenters. The summed E-state index contributed by atoms with van der Waals surface area (Å²) in [4.78, 5) is 2.53. The number of nitrogens with zero attached hydrogens (tertiary/aromatic N) is 4. The highest BCUT2D eigenvalue weighted by Crippen LogP contribution is 2.22. The Kier molecular flexibility index (Phi) is 5.49. The van der Waals surface area contributed by atoms with E-state index in [4.69, 9.17) is 4.74 Å². The third-order valence-electron chi connectivity index (χ3n) is 5.21. The van der Waals surface area contributed by atoms with Crippen LogP contribution < -0.4 is 4.74 Å². The predicted octanol–water partition coefficient (Wildman–Crippen LogP) is 3.87. The Morgan fingerprint density at radius 3 is 2.30 bits per heavy atom. The molecule has 0 bridgehead atoms. The van der Waals surface area contributed by atoms with E-state index < -0.39 is 0 Å². The normalized spacial score (nSPS) is 15.7. The van der Waals surface area contributed by atoms with Crippen molar-refractivity contribution in [3.8, 4) is 11.7 Å². The Morgan fingerprint density at radius 2 is 1.59 bits per heavy atom. The average Bonchev–Trinajstić information content (AvgIpc) is 3.09. The molecular formula is C22H26N4O. The van der Waals surface area contributed by atoms with Crippen molar-refractivity contribution in [2.45, 2.75) is 26.3 Å². The minimum atomic E-state index is 0.568. The van der Waals surface area contributed by atoms with Gasteiger partial charge < -0.3 is 4.74 Å². The molecule has 1 fully saturated rings. The van der Waals surface area contributed by atoms with Gasteiger partial charge in [-0.15, -0.1) is 5.10 Å². The van der Waals surface area contributed by atoms with E-state index in [0.29, 0.717) is 18.5 Å². The fraction of sp³-hybridized carbons (Fsp3) is 0.364. The summed E-state index contributed by atoms with van der Waals surface area (Å²) in [6, 6.07) is 21.4. The Morgan fingerprint density at radius 1 is 0.926 bits per heavy atom. The van der Waals surface area contributed by atoms with Crippen LogP contribution in [0.1, 0.15) is 24.2 Å². The molecule has 2 heterocycles. The number of rotatable bonds is 6. The van der Waals surface area contributed by atoms with E-state index in [0.717, 1.165) is 44.0 Å². The van der Waals surface area contributed by atoms with Gasteiger partial charge in [-0.25, -0.2) is 4.57 Å². The lowest BCUT2D eigenvalue weighted by Gasteiger charge is -2.31. The second-order valence-corrected chi connectivity index (χ2v) is 7.22. The summed E-state index contributed by atoms with van der Waals surface area (Å²) < 4.78 is 8.05. The molecule has 1 aromatic heterocycles. The van der Waals surface area contributed by atoms with E-state index in [1.807, 2.05) is 41.8 Å². The third-order valence-corrected chi connectivity index (χ3v) is 5.21. The first kappa shape index (κ1) is 17.7. The van der Waals surface area contributed by atoms with Crippen molar-refractivity contribution >= 4 is 0 Å². The number of hydrogen-bond donors (Lipinski definition) is 0. The zero-order chi connectivity index (χ0) is 18.5. The zero-order valence-electron chi connectivity index (χ0n) is 15.8. The Balaban J connectivity index is 1.31. The molecule has 0 saturated carbocycles. The van der Waals surface area contributed by atoms with E-state index in [-0.39, 0.29) is 0 Å². The molecule has 27 heavy (non-hydrogen) atoms. The van der Waals surface area contributed by atoms with Gasteiger partial charge in [0.15, 0.2) is 0 Å². The fourth-order valence-electron chi connectivity index (χ4n) is 3.66. The van der Waals surface area contributed by atoms with E-state index in [9.17, 15) is 0 Å². The first-order valence-electron chi connectivity index (χ1n) is 9.66. The van der Waals surface area contributed by atoms with Crippen LogP contribution in [0.25, 0.3) is 5.69 Å². The van der Waals surface area contributed by atoms with Crippen molar-refractivity contribution in [2.24, 2.45) is 5.92 Å². The smallest absolute Gasteiger partial charge is 0.321 e. The summed E-state index contributed by atoms with van der Waals surface area (Å²) >= 11 is 0. The van der Waals surface area contributed by atoms with Crippen LogP contribution in [0, 0.1) is 12.8 Å². The topological polar surface area (TPSA) is 43.2 Å². The highest BCUT2D eigenvalue weighted by Gasteiger charge is 2.21. The Hall–Kier alpha value is -2.66. The number of likely N-dealkylation sites (tertiary alicyclic amines) is 1. The van der Waals surface area contributed by atoms with Gasteiger partial charge >= 0.3 is 6.01 Å². The van der Waals surface area contributed by atoms with Crippen LogP contribution in [0.15, 0.2) is 60.7 Å². The first-order chi connectivity index (χ1) is 13.3. The van der Waals surface area contributed by atoms with E-state index in [1.54, 1.807) is 0 Å². The van der Waals surface area contributed by atoms with Crippen molar-refractivity contribution < 1.29 is 4.74 Å². The van der Waals surface area contributed by atoms with Crippen LogP contribution in [-0.2, 0) is 6.54 Å². The molecule has 1 saturated heterocycles. The van der Waals surface area contributed by atoms with E-state index >= 15 is 0 Å². The molecule has 1 aliphatic rings. The van der Waals surface area contributed by atoms with Gasteiger partial charge in [0.1, 0.15) is 5.82 Å². The van der Waals surface area contributed by atoms with Gasteiger partial charge in [-0.1, -0.05) is 53.6 Å². The van der Waals surface area contributed by atoms with E-state index in [2.05, 4.69) is 45.4 Å². The van der Waals surface area contributed by atoms with Crippen molar-refractivity contribution in [2.75, 3.05) is 19.7 Å². The molecule has 0 amide bonds. The summed E-state index contributed by atoms with van der Waals surface area (Å²) in [5.74, 6) is 1.41. The maximum absolute atomic E-state index is 6.08. The van der Waals surface area contributed by atoms with Gasteiger partial charge in [0.05, 0.1) is 12.3 Å². The second-order valence-electron chi connectivity index (χ2n) is 7.22. The van der Waals surface area contributed by atoms with Gasteiger partial charge in [0.25, 0.3) is 0 Å². The number of piperidine rings is 1. The van der Waals surface area contributed by atoms with Gasteiger partial charge in [-0.3, -0.25) is 4.90 Å². The largest absolute Gasteiger partial charge is 0.463 e. The summed E-state index contributed by atoms with van der Waals surface area (Å²) in [5.41, 5.74) is 2.42. The molecule has 0 spiro atoms. The number of hydrogen-bond acceptors (Lipinski definition) is 4. The first-order valence-corrected chi connectivity index (χ1v) is 9.66. The molecule has 140 valence electrons. The van der Waals surface area contributed by atoms with Crippen LogP contribution in [0.4, 0.5) is 0 Å².